The molecule has 0 spiro atoms. The molecule has 8 heavy (non-hydrogen) atoms. The number of hydrogen-bond donors (Lipinski definition) is 0. The van der Waals surface area contributed by atoms with Crippen molar-refractivity contribution in [3.05, 3.63) is 17.4 Å². The highest BCUT2D eigenvalue weighted by Gasteiger charge is 1.98. The normalized spacial score (nSPS) is 9.88. The van der Waals surface area contributed by atoms with E-state index >= 15 is 0 Å². The van der Waals surface area contributed by atoms with Crippen LogP contribution >= 0.6 is 56.5 Å². The number of hydrogen-bond acceptors (Lipinski definition) is 1. The predicted molar refractivity (Wildman–Crippen MR) is 54.5 cm³/mol. The third kappa shape index (κ3) is 1.36. The molecular weight excluding hydrogens is 346 g/mol. The number of halogens is 2. The average molecular weight is 350 g/mol. The van der Waals surface area contributed by atoms with Gasteiger partial charge >= 0.3 is 0 Å². The van der Waals surface area contributed by atoms with Crippen LogP contribution in [0.4, 0.5) is 0 Å². The van der Waals surface area contributed by atoms with Crippen molar-refractivity contribution in [2.45, 2.75) is 6.92 Å². The van der Waals surface area contributed by atoms with Crippen LogP contribution in [-0.2, 0) is 0 Å². The maximum atomic E-state index is 2.36. The second kappa shape index (κ2) is 2.83. The molecule has 0 aliphatic heterocycles. The van der Waals surface area contributed by atoms with E-state index in [2.05, 4.69) is 57.5 Å². The van der Waals surface area contributed by atoms with Crippen LogP contribution in [0.5, 0.6) is 0 Å². The molecule has 0 unspecified atom stereocenters. The van der Waals surface area contributed by atoms with Gasteiger partial charge in [-0.15, -0.1) is 11.3 Å². The van der Waals surface area contributed by atoms with E-state index in [0.29, 0.717) is 0 Å². The van der Waals surface area contributed by atoms with Crippen LogP contribution in [-0.4, -0.2) is 0 Å². The summed E-state index contributed by atoms with van der Waals surface area (Å²) in [5.74, 6) is 0. The van der Waals surface area contributed by atoms with Crippen LogP contribution in [0, 0.1) is 13.4 Å². The molecule has 0 aliphatic rings. The van der Waals surface area contributed by atoms with Gasteiger partial charge in [-0.25, -0.2) is 0 Å². The van der Waals surface area contributed by atoms with Gasteiger partial charge in [0, 0.05) is 8.95 Å². The van der Waals surface area contributed by atoms with Gasteiger partial charge in [-0.3, -0.25) is 0 Å². The average Bonchev–Trinajstić information content (AvgIpc) is 1.98. The Kier molecular flexibility index (Phi) is 2.57. The van der Waals surface area contributed by atoms with Crippen molar-refractivity contribution in [1.29, 1.82) is 0 Å². The van der Waals surface area contributed by atoms with E-state index in [9.17, 15) is 0 Å². The van der Waals surface area contributed by atoms with Crippen molar-refractivity contribution in [3.8, 4) is 0 Å². The minimum atomic E-state index is 1.39. The highest BCUT2D eigenvalue weighted by atomic mass is 127. The Bertz CT molecular complexity index is 173. The van der Waals surface area contributed by atoms with E-state index < -0.39 is 0 Å². The van der Waals surface area contributed by atoms with Gasteiger partial charge in [-0.05, 0) is 57.7 Å². The molecule has 0 amide bonds. The monoisotopic (exact) mass is 350 g/mol. The summed E-state index contributed by atoms with van der Waals surface area (Å²) in [6.07, 6.45) is 0. The van der Waals surface area contributed by atoms with Gasteiger partial charge < -0.3 is 0 Å². The molecule has 1 aromatic heterocycles. The Labute approximate surface area is 80.0 Å². The van der Waals surface area contributed by atoms with Crippen molar-refractivity contribution in [2.24, 2.45) is 0 Å². The predicted octanol–water partition coefficient (Wildman–Crippen LogP) is 3.27. The van der Waals surface area contributed by atoms with E-state index in [0.717, 1.165) is 0 Å². The topological polar surface area (TPSA) is 0 Å². The molecule has 0 nitrogen and oxygen atoms in total. The lowest BCUT2D eigenvalue weighted by molar-refractivity contribution is 1.49. The summed E-state index contributed by atoms with van der Waals surface area (Å²) >= 11 is 6.52. The molecule has 1 rings (SSSR count). The van der Waals surface area contributed by atoms with E-state index in [1.54, 1.807) is 0 Å². The maximum absolute atomic E-state index is 2.36. The molecule has 0 aromatic carbocycles. The molecule has 0 atom stereocenters. The standard InChI is InChI=1S/C5H4I2S/c1-3-4(6)2-8-5(3)7/h2H,1H3. The second-order valence-corrected chi connectivity index (χ2v) is 5.33. The maximum Gasteiger partial charge on any atom is 0.0693 e. The Balaban J connectivity index is 3.19. The van der Waals surface area contributed by atoms with E-state index in [-0.39, 0.29) is 0 Å². The fourth-order valence-corrected chi connectivity index (χ4v) is 3.07. The Morgan fingerprint density at radius 3 is 2.25 bits per heavy atom. The van der Waals surface area contributed by atoms with Gasteiger partial charge in [-0.1, -0.05) is 0 Å². The third-order valence-electron chi connectivity index (χ3n) is 0.919. The zero-order chi connectivity index (χ0) is 6.15. The summed E-state index contributed by atoms with van der Waals surface area (Å²) < 4.78 is 2.80. The van der Waals surface area contributed by atoms with Gasteiger partial charge in [0.15, 0.2) is 0 Å². The van der Waals surface area contributed by atoms with Crippen molar-refractivity contribution in [2.75, 3.05) is 0 Å². The first-order valence-corrected chi connectivity index (χ1v) is 5.14. The minimum Gasteiger partial charge on any atom is -0.136 e. The summed E-state index contributed by atoms with van der Waals surface area (Å²) in [5.41, 5.74) is 1.43. The third-order valence-corrected chi connectivity index (χ3v) is 4.90. The molecular formula is C5H4I2S. The lowest BCUT2D eigenvalue weighted by atomic mass is 10.4. The lowest BCUT2D eigenvalue weighted by Gasteiger charge is -1.83. The van der Waals surface area contributed by atoms with Gasteiger partial charge in [0.25, 0.3) is 0 Å². The molecule has 0 N–H and O–H groups in total. The molecule has 0 saturated carbocycles. The molecule has 0 radical (unpaired) electrons. The number of rotatable bonds is 0. The van der Waals surface area contributed by atoms with E-state index in [1.807, 2.05) is 11.3 Å². The Morgan fingerprint density at radius 2 is 2.12 bits per heavy atom. The molecule has 0 fully saturated rings. The Morgan fingerprint density at radius 1 is 1.50 bits per heavy atom. The van der Waals surface area contributed by atoms with Crippen molar-refractivity contribution >= 4 is 56.5 Å². The van der Waals surface area contributed by atoms with Crippen molar-refractivity contribution < 1.29 is 0 Å². The first-order valence-electron chi connectivity index (χ1n) is 2.11. The van der Waals surface area contributed by atoms with Crippen molar-refractivity contribution in [1.82, 2.24) is 0 Å². The zero-order valence-corrected chi connectivity index (χ0v) is 9.37. The highest BCUT2D eigenvalue weighted by Crippen LogP contribution is 2.23. The van der Waals surface area contributed by atoms with Crippen LogP contribution in [0.1, 0.15) is 5.56 Å². The van der Waals surface area contributed by atoms with Gasteiger partial charge in [-0.2, -0.15) is 0 Å². The molecule has 1 aromatic rings. The van der Waals surface area contributed by atoms with Crippen LogP contribution in [0.2, 0.25) is 0 Å². The summed E-state index contributed by atoms with van der Waals surface area (Å²) in [5, 5.41) is 2.18. The molecule has 44 valence electrons. The van der Waals surface area contributed by atoms with Gasteiger partial charge in [0.2, 0.25) is 0 Å². The lowest BCUT2D eigenvalue weighted by Crippen LogP contribution is -1.68. The Hall–Kier alpha value is 1.16. The molecule has 0 bridgehead atoms. The first kappa shape index (κ1) is 7.27. The summed E-state index contributed by atoms with van der Waals surface area (Å²) in [4.78, 5) is 0. The SMILES string of the molecule is Cc1c(I)csc1I. The molecule has 0 aliphatic carbocycles. The fourth-order valence-electron chi connectivity index (χ4n) is 0.374. The van der Waals surface area contributed by atoms with Crippen molar-refractivity contribution in [3.63, 3.8) is 0 Å². The largest absolute Gasteiger partial charge is 0.136 e. The van der Waals surface area contributed by atoms with Crippen LogP contribution in [0.25, 0.3) is 0 Å². The minimum absolute atomic E-state index is 1.39. The van der Waals surface area contributed by atoms with Crippen LogP contribution < -0.4 is 0 Å². The molecule has 0 saturated heterocycles. The molecule has 1 heterocycles. The molecule has 3 heteroatoms. The van der Waals surface area contributed by atoms with E-state index in [4.69, 9.17) is 0 Å². The fraction of sp³-hybridized carbons (Fsp3) is 0.200. The number of thiophene rings is 1. The van der Waals surface area contributed by atoms with Crippen LogP contribution in [0.15, 0.2) is 5.38 Å². The van der Waals surface area contributed by atoms with E-state index in [1.165, 1.54) is 12.0 Å². The first-order chi connectivity index (χ1) is 3.72. The quantitative estimate of drug-likeness (QED) is 0.631. The second-order valence-electron chi connectivity index (χ2n) is 1.48. The zero-order valence-electron chi connectivity index (χ0n) is 4.24. The van der Waals surface area contributed by atoms with Gasteiger partial charge in [0.05, 0.1) is 2.88 Å². The summed E-state index contributed by atoms with van der Waals surface area (Å²) in [7, 11) is 0. The smallest absolute Gasteiger partial charge is 0.0693 e. The summed E-state index contributed by atoms with van der Waals surface area (Å²) in [6.45, 7) is 2.15. The highest BCUT2D eigenvalue weighted by molar-refractivity contribution is 14.1. The summed E-state index contributed by atoms with van der Waals surface area (Å²) in [6, 6.07) is 0. The van der Waals surface area contributed by atoms with Gasteiger partial charge in [0.1, 0.15) is 0 Å². The van der Waals surface area contributed by atoms with Crippen LogP contribution in [0.3, 0.4) is 0 Å².